The lowest BCUT2D eigenvalue weighted by molar-refractivity contribution is 0.174. The van der Waals surface area contributed by atoms with Crippen molar-refractivity contribution in [3.05, 3.63) is 23.3 Å². The molecule has 0 radical (unpaired) electrons. The Hall–Kier alpha value is -1.26. The molecule has 0 aromatic heterocycles. The van der Waals surface area contributed by atoms with Gasteiger partial charge >= 0.3 is 0 Å². The number of hydrogen-bond donors (Lipinski definition) is 1. The van der Waals surface area contributed by atoms with Gasteiger partial charge in [-0.2, -0.15) is 0 Å². The molecule has 0 saturated carbocycles. The zero-order chi connectivity index (χ0) is 12.0. The molecule has 0 fully saturated rings. The Morgan fingerprint density at radius 2 is 1.69 bits per heavy atom. The first-order valence-electron chi connectivity index (χ1n) is 5.14. The summed E-state index contributed by atoms with van der Waals surface area (Å²) in [5, 5.41) is 3.16. The van der Waals surface area contributed by atoms with Crippen LogP contribution in [-0.4, -0.2) is 28.1 Å². The molecule has 0 aliphatic rings. The van der Waals surface area contributed by atoms with Gasteiger partial charge in [0.2, 0.25) is 0 Å². The lowest BCUT2D eigenvalue weighted by atomic mass is 10.1. The highest BCUT2D eigenvalue weighted by Gasteiger charge is 2.07. The molecule has 0 spiro atoms. The van der Waals surface area contributed by atoms with Crippen LogP contribution in [0.4, 0.5) is 0 Å². The molecule has 4 nitrogen and oxygen atoms in total. The predicted molar refractivity (Wildman–Crippen MR) is 63.0 cm³/mol. The summed E-state index contributed by atoms with van der Waals surface area (Å²) in [6.07, 6.45) is 0. The number of nitrogens with one attached hydrogen (secondary N) is 1. The highest BCUT2D eigenvalue weighted by molar-refractivity contribution is 5.46. The Balaban J connectivity index is 2.84. The van der Waals surface area contributed by atoms with Gasteiger partial charge in [-0.25, -0.2) is 0 Å². The number of rotatable bonds is 6. The average molecular weight is 225 g/mol. The number of ether oxygens (including phenoxy) is 3. The largest absolute Gasteiger partial charge is 0.493 e. The van der Waals surface area contributed by atoms with E-state index in [1.54, 1.807) is 21.3 Å². The molecule has 1 aromatic rings. The highest BCUT2D eigenvalue weighted by Crippen LogP contribution is 2.30. The molecule has 1 N–H and O–H groups in total. The fourth-order valence-corrected chi connectivity index (χ4v) is 1.50. The molecule has 16 heavy (non-hydrogen) atoms. The zero-order valence-corrected chi connectivity index (χ0v) is 10.3. The van der Waals surface area contributed by atoms with Gasteiger partial charge in [0, 0.05) is 13.7 Å². The van der Waals surface area contributed by atoms with Crippen molar-refractivity contribution < 1.29 is 14.2 Å². The van der Waals surface area contributed by atoms with E-state index in [2.05, 4.69) is 5.32 Å². The number of methoxy groups -OCH3 is 3. The van der Waals surface area contributed by atoms with Crippen molar-refractivity contribution in [3.63, 3.8) is 0 Å². The van der Waals surface area contributed by atoms with E-state index in [4.69, 9.17) is 14.2 Å². The molecule has 0 unspecified atom stereocenters. The van der Waals surface area contributed by atoms with Crippen molar-refractivity contribution in [3.8, 4) is 11.5 Å². The predicted octanol–water partition coefficient (Wildman–Crippen LogP) is 1.71. The normalized spacial score (nSPS) is 10.2. The van der Waals surface area contributed by atoms with Gasteiger partial charge in [-0.15, -0.1) is 0 Å². The zero-order valence-electron chi connectivity index (χ0n) is 10.3. The first kappa shape index (κ1) is 12.8. The molecule has 0 amide bonds. The lowest BCUT2D eigenvalue weighted by Crippen LogP contribution is -2.16. The van der Waals surface area contributed by atoms with Gasteiger partial charge in [0.25, 0.3) is 0 Å². The monoisotopic (exact) mass is 225 g/mol. The topological polar surface area (TPSA) is 39.7 Å². The van der Waals surface area contributed by atoms with Crippen LogP contribution in [0.2, 0.25) is 0 Å². The van der Waals surface area contributed by atoms with Crippen molar-refractivity contribution >= 4 is 0 Å². The van der Waals surface area contributed by atoms with Gasteiger partial charge < -0.3 is 14.2 Å². The van der Waals surface area contributed by atoms with Crippen LogP contribution >= 0.6 is 0 Å². The number of benzene rings is 1. The standard InChI is InChI=1S/C12H19NO3/c1-9-5-11(15-3)12(16-4)6-10(9)7-13-8-14-2/h5-6,13H,7-8H2,1-4H3. The van der Waals surface area contributed by atoms with Gasteiger partial charge in [0.1, 0.15) is 0 Å². The van der Waals surface area contributed by atoms with Crippen molar-refractivity contribution in [2.24, 2.45) is 0 Å². The second kappa shape index (κ2) is 6.35. The van der Waals surface area contributed by atoms with Gasteiger partial charge in [-0.3, -0.25) is 5.32 Å². The summed E-state index contributed by atoms with van der Waals surface area (Å²) >= 11 is 0. The second-order valence-electron chi connectivity index (χ2n) is 3.49. The van der Waals surface area contributed by atoms with Crippen LogP contribution in [0.1, 0.15) is 11.1 Å². The molecular formula is C12H19NO3. The van der Waals surface area contributed by atoms with E-state index < -0.39 is 0 Å². The van der Waals surface area contributed by atoms with Crippen LogP contribution in [0.3, 0.4) is 0 Å². The van der Waals surface area contributed by atoms with E-state index >= 15 is 0 Å². The molecule has 0 saturated heterocycles. The van der Waals surface area contributed by atoms with Crippen LogP contribution in [0.25, 0.3) is 0 Å². The SMILES string of the molecule is COCNCc1cc(OC)c(OC)cc1C. The average Bonchev–Trinajstić information content (AvgIpc) is 2.31. The maximum Gasteiger partial charge on any atom is 0.161 e. The molecule has 0 atom stereocenters. The lowest BCUT2D eigenvalue weighted by Gasteiger charge is -2.13. The van der Waals surface area contributed by atoms with E-state index in [9.17, 15) is 0 Å². The van der Waals surface area contributed by atoms with Crippen LogP contribution in [0.15, 0.2) is 12.1 Å². The summed E-state index contributed by atoms with van der Waals surface area (Å²) in [6, 6.07) is 3.96. The van der Waals surface area contributed by atoms with E-state index in [1.807, 2.05) is 19.1 Å². The molecule has 0 bridgehead atoms. The van der Waals surface area contributed by atoms with E-state index in [0.29, 0.717) is 6.73 Å². The Bertz CT molecular complexity index is 339. The van der Waals surface area contributed by atoms with Gasteiger partial charge in [-0.05, 0) is 30.2 Å². The van der Waals surface area contributed by atoms with Crippen LogP contribution in [-0.2, 0) is 11.3 Å². The Morgan fingerprint density at radius 1 is 1.06 bits per heavy atom. The van der Waals surface area contributed by atoms with Crippen molar-refractivity contribution in [2.75, 3.05) is 28.1 Å². The second-order valence-corrected chi connectivity index (χ2v) is 3.49. The van der Waals surface area contributed by atoms with Crippen molar-refractivity contribution in [1.29, 1.82) is 0 Å². The fraction of sp³-hybridized carbons (Fsp3) is 0.500. The van der Waals surface area contributed by atoms with Crippen LogP contribution in [0.5, 0.6) is 11.5 Å². The van der Waals surface area contributed by atoms with Gasteiger partial charge in [0.15, 0.2) is 11.5 Å². The third kappa shape index (κ3) is 3.12. The third-order valence-electron chi connectivity index (χ3n) is 2.40. The van der Waals surface area contributed by atoms with Gasteiger partial charge in [-0.1, -0.05) is 0 Å². The van der Waals surface area contributed by atoms with E-state index in [-0.39, 0.29) is 0 Å². The minimum absolute atomic E-state index is 0.536. The molecule has 4 heteroatoms. The number of hydrogen-bond acceptors (Lipinski definition) is 4. The van der Waals surface area contributed by atoms with Crippen molar-refractivity contribution in [1.82, 2.24) is 5.32 Å². The summed E-state index contributed by atoms with van der Waals surface area (Å²) in [6.45, 7) is 3.33. The summed E-state index contributed by atoms with van der Waals surface area (Å²) in [5.41, 5.74) is 2.34. The smallest absolute Gasteiger partial charge is 0.161 e. The molecule has 0 aliphatic carbocycles. The molecule has 0 aliphatic heterocycles. The highest BCUT2D eigenvalue weighted by atomic mass is 16.5. The van der Waals surface area contributed by atoms with Crippen LogP contribution < -0.4 is 14.8 Å². The molecule has 1 aromatic carbocycles. The first-order valence-corrected chi connectivity index (χ1v) is 5.14. The summed E-state index contributed by atoms with van der Waals surface area (Å²) < 4.78 is 15.4. The Morgan fingerprint density at radius 3 is 2.25 bits per heavy atom. The maximum atomic E-state index is 5.25. The minimum Gasteiger partial charge on any atom is -0.493 e. The quantitative estimate of drug-likeness (QED) is 0.591. The Labute approximate surface area is 96.5 Å². The third-order valence-corrected chi connectivity index (χ3v) is 2.40. The summed E-state index contributed by atoms with van der Waals surface area (Å²) in [7, 11) is 4.94. The summed E-state index contributed by atoms with van der Waals surface area (Å²) in [5.74, 6) is 1.51. The van der Waals surface area contributed by atoms with E-state index in [1.165, 1.54) is 11.1 Å². The van der Waals surface area contributed by atoms with Crippen LogP contribution in [0, 0.1) is 6.92 Å². The van der Waals surface area contributed by atoms with Gasteiger partial charge in [0.05, 0.1) is 21.0 Å². The first-order chi connectivity index (χ1) is 7.72. The minimum atomic E-state index is 0.536. The maximum absolute atomic E-state index is 5.25. The van der Waals surface area contributed by atoms with E-state index in [0.717, 1.165) is 18.0 Å². The number of aryl methyl sites for hydroxylation is 1. The molecular weight excluding hydrogens is 206 g/mol. The Kier molecular flexibility index (Phi) is 5.08. The fourth-order valence-electron chi connectivity index (χ4n) is 1.50. The summed E-state index contributed by atoms with van der Waals surface area (Å²) in [4.78, 5) is 0. The van der Waals surface area contributed by atoms with Crippen molar-refractivity contribution in [2.45, 2.75) is 13.5 Å². The molecule has 1 rings (SSSR count). The molecule has 0 heterocycles. The molecule has 90 valence electrons.